The molecule has 1 N–H and O–H groups in total. The Balaban J connectivity index is 2.47. The SMILES string of the molecule is CC/C(=C\C(C)(C)C)C(=O)NC1CN(C(=O)OC(C)(C)C)C1. The summed E-state index contributed by atoms with van der Waals surface area (Å²) >= 11 is 0. The molecule has 1 rings (SSSR count). The van der Waals surface area contributed by atoms with Crippen LogP contribution in [0.2, 0.25) is 0 Å². The van der Waals surface area contributed by atoms with Gasteiger partial charge in [0.15, 0.2) is 0 Å². The van der Waals surface area contributed by atoms with Crippen LogP contribution in [0.5, 0.6) is 0 Å². The van der Waals surface area contributed by atoms with Crippen LogP contribution < -0.4 is 5.32 Å². The molecular formula is C17H30N2O3. The number of carbonyl (C=O) groups is 2. The van der Waals surface area contributed by atoms with Crippen molar-refractivity contribution >= 4 is 12.0 Å². The Bertz CT molecular complexity index is 450. The molecule has 5 heteroatoms. The molecule has 0 bridgehead atoms. The molecule has 0 atom stereocenters. The smallest absolute Gasteiger partial charge is 0.410 e. The Morgan fingerprint density at radius 3 is 2.14 bits per heavy atom. The lowest BCUT2D eigenvalue weighted by Gasteiger charge is -2.40. The predicted molar refractivity (Wildman–Crippen MR) is 87.6 cm³/mol. The second-order valence-corrected chi connectivity index (χ2v) is 7.94. The highest BCUT2D eigenvalue weighted by Gasteiger charge is 2.34. The van der Waals surface area contributed by atoms with E-state index >= 15 is 0 Å². The number of nitrogens with one attached hydrogen (secondary N) is 1. The van der Waals surface area contributed by atoms with Gasteiger partial charge >= 0.3 is 6.09 Å². The van der Waals surface area contributed by atoms with Crippen LogP contribution in [-0.2, 0) is 9.53 Å². The largest absolute Gasteiger partial charge is 0.444 e. The Labute approximate surface area is 134 Å². The monoisotopic (exact) mass is 310 g/mol. The molecule has 5 nitrogen and oxygen atoms in total. The van der Waals surface area contributed by atoms with Crippen molar-refractivity contribution in [3.63, 3.8) is 0 Å². The zero-order chi connectivity index (χ0) is 17.1. The molecule has 0 spiro atoms. The van der Waals surface area contributed by atoms with Crippen molar-refractivity contribution in [3.8, 4) is 0 Å². The molecule has 1 saturated heterocycles. The topological polar surface area (TPSA) is 58.6 Å². The van der Waals surface area contributed by atoms with Gasteiger partial charge in [0.2, 0.25) is 5.91 Å². The van der Waals surface area contributed by atoms with Gasteiger partial charge in [-0.15, -0.1) is 0 Å². The summed E-state index contributed by atoms with van der Waals surface area (Å²) in [5, 5.41) is 2.98. The summed E-state index contributed by atoms with van der Waals surface area (Å²) in [6.45, 7) is 14.7. The van der Waals surface area contributed by atoms with Gasteiger partial charge in [-0.05, 0) is 32.6 Å². The third kappa shape index (κ3) is 6.08. The van der Waals surface area contributed by atoms with Crippen molar-refractivity contribution in [2.24, 2.45) is 5.41 Å². The standard InChI is InChI=1S/C17H30N2O3/c1-8-12(9-16(2,3)4)14(20)18-13-10-19(11-13)15(21)22-17(5,6)7/h9,13H,8,10-11H2,1-7H3,(H,18,20)/b12-9+. The van der Waals surface area contributed by atoms with Crippen molar-refractivity contribution in [1.82, 2.24) is 10.2 Å². The lowest BCUT2D eigenvalue weighted by atomic mass is 9.92. The van der Waals surface area contributed by atoms with Crippen LogP contribution in [0.3, 0.4) is 0 Å². The van der Waals surface area contributed by atoms with Crippen LogP contribution in [0.4, 0.5) is 4.79 Å². The van der Waals surface area contributed by atoms with Crippen LogP contribution >= 0.6 is 0 Å². The number of likely N-dealkylation sites (tertiary alicyclic amines) is 1. The number of hydrogen-bond donors (Lipinski definition) is 1. The highest BCUT2D eigenvalue weighted by atomic mass is 16.6. The summed E-state index contributed by atoms with van der Waals surface area (Å²) in [6, 6.07) is 0.00920. The van der Waals surface area contributed by atoms with Crippen molar-refractivity contribution in [1.29, 1.82) is 0 Å². The molecule has 0 radical (unpaired) electrons. The van der Waals surface area contributed by atoms with Gasteiger partial charge in [-0.3, -0.25) is 4.79 Å². The fourth-order valence-electron chi connectivity index (χ4n) is 2.17. The number of ether oxygens (including phenoxy) is 1. The molecule has 0 aromatic carbocycles. The lowest BCUT2D eigenvalue weighted by Crippen LogP contribution is -2.61. The highest BCUT2D eigenvalue weighted by Crippen LogP contribution is 2.20. The number of allylic oxidation sites excluding steroid dienone is 1. The number of rotatable bonds is 3. The van der Waals surface area contributed by atoms with Crippen LogP contribution in [-0.4, -0.2) is 41.6 Å². The average molecular weight is 310 g/mol. The minimum atomic E-state index is -0.490. The Hall–Kier alpha value is -1.52. The van der Waals surface area contributed by atoms with E-state index in [9.17, 15) is 9.59 Å². The summed E-state index contributed by atoms with van der Waals surface area (Å²) in [6.07, 6.45) is 2.39. The Morgan fingerprint density at radius 2 is 1.73 bits per heavy atom. The molecule has 0 aromatic rings. The number of carbonyl (C=O) groups excluding carboxylic acids is 2. The fourth-order valence-corrected chi connectivity index (χ4v) is 2.17. The molecule has 0 saturated carbocycles. The Kier molecular flexibility index (Phi) is 5.65. The maximum atomic E-state index is 12.2. The first-order valence-electron chi connectivity index (χ1n) is 7.92. The van der Waals surface area contributed by atoms with Crippen molar-refractivity contribution < 1.29 is 14.3 Å². The van der Waals surface area contributed by atoms with E-state index in [1.807, 2.05) is 33.8 Å². The fraction of sp³-hybridized carbons (Fsp3) is 0.765. The zero-order valence-corrected chi connectivity index (χ0v) is 14.9. The van der Waals surface area contributed by atoms with Gasteiger partial charge in [0.1, 0.15) is 5.60 Å². The average Bonchev–Trinajstić information content (AvgIpc) is 2.26. The molecule has 0 unspecified atom stereocenters. The molecule has 126 valence electrons. The van der Waals surface area contributed by atoms with E-state index < -0.39 is 5.60 Å². The van der Waals surface area contributed by atoms with Gasteiger partial charge < -0.3 is 15.0 Å². The number of amides is 2. The third-order valence-corrected chi connectivity index (χ3v) is 3.15. The van der Waals surface area contributed by atoms with E-state index in [0.717, 1.165) is 5.57 Å². The summed E-state index contributed by atoms with van der Waals surface area (Å²) in [5.74, 6) is -0.0359. The molecule has 1 heterocycles. The van der Waals surface area contributed by atoms with Crippen LogP contribution in [0, 0.1) is 5.41 Å². The van der Waals surface area contributed by atoms with Gasteiger partial charge in [0.05, 0.1) is 6.04 Å². The first-order chi connectivity index (χ1) is 9.91. The molecular weight excluding hydrogens is 280 g/mol. The molecule has 0 aliphatic carbocycles. The molecule has 22 heavy (non-hydrogen) atoms. The van der Waals surface area contributed by atoms with Gasteiger partial charge in [0.25, 0.3) is 0 Å². The van der Waals surface area contributed by atoms with Gasteiger partial charge in [-0.25, -0.2) is 4.79 Å². The highest BCUT2D eigenvalue weighted by molar-refractivity contribution is 5.93. The van der Waals surface area contributed by atoms with Crippen LogP contribution in [0.1, 0.15) is 54.9 Å². The van der Waals surface area contributed by atoms with Crippen molar-refractivity contribution in [3.05, 3.63) is 11.6 Å². The molecule has 1 aliphatic heterocycles. The summed E-state index contributed by atoms with van der Waals surface area (Å²) in [7, 11) is 0. The van der Waals surface area contributed by atoms with Gasteiger partial charge in [0, 0.05) is 18.7 Å². The van der Waals surface area contributed by atoms with E-state index in [4.69, 9.17) is 4.74 Å². The quantitative estimate of drug-likeness (QED) is 0.815. The minimum Gasteiger partial charge on any atom is -0.444 e. The van der Waals surface area contributed by atoms with Gasteiger partial charge in [-0.2, -0.15) is 0 Å². The summed E-state index contributed by atoms with van der Waals surface area (Å²) < 4.78 is 5.29. The summed E-state index contributed by atoms with van der Waals surface area (Å²) in [4.78, 5) is 25.7. The van der Waals surface area contributed by atoms with E-state index in [2.05, 4.69) is 26.1 Å². The van der Waals surface area contributed by atoms with Crippen molar-refractivity contribution in [2.45, 2.75) is 66.5 Å². The first kappa shape index (κ1) is 18.5. The molecule has 2 amide bonds. The second kappa shape index (κ2) is 6.71. The van der Waals surface area contributed by atoms with E-state index in [1.165, 1.54) is 0 Å². The predicted octanol–water partition coefficient (Wildman–Crippen LogP) is 3.10. The van der Waals surface area contributed by atoms with Crippen molar-refractivity contribution in [2.75, 3.05) is 13.1 Å². The molecule has 1 aliphatic rings. The lowest BCUT2D eigenvalue weighted by molar-refractivity contribution is -0.119. The Morgan fingerprint density at radius 1 is 1.18 bits per heavy atom. The second-order valence-electron chi connectivity index (χ2n) is 7.94. The zero-order valence-electron chi connectivity index (χ0n) is 14.9. The van der Waals surface area contributed by atoms with E-state index in [0.29, 0.717) is 19.5 Å². The normalized spacial score (nSPS) is 17.0. The molecule has 0 aromatic heterocycles. The van der Waals surface area contributed by atoms with E-state index in [1.54, 1.807) is 4.90 Å². The van der Waals surface area contributed by atoms with E-state index in [-0.39, 0.29) is 23.5 Å². The summed E-state index contributed by atoms with van der Waals surface area (Å²) in [5.41, 5.74) is 0.282. The van der Waals surface area contributed by atoms with Crippen LogP contribution in [0.15, 0.2) is 11.6 Å². The number of nitrogens with zero attached hydrogens (tertiary/aromatic N) is 1. The minimum absolute atomic E-state index is 0.00920. The maximum absolute atomic E-state index is 12.2. The van der Waals surface area contributed by atoms with Crippen LogP contribution in [0.25, 0.3) is 0 Å². The van der Waals surface area contributed by atoms with Gasteiger partial charge in [-0.1, -0.05) is 33.8 Å². The first-order valence-corrected chi connectivity index (χ1v) is 7.92. The molecule has 1 fully saturated rings. The number of hydrogen-bond acceptors (Lipinski definition) is 3. The third-order valence-electron chi connectivity index (χ3n) is 3.15. The maximum Gasteiger partial charge on any atom is 0.410 e.